The second-order valence-electron chi connectivity index (χ2n) is 0. The van der Waals surface area contributed by atoms with E-state index in [2.05, 4.69) is 9.12 Å². The molecule has 0 nitrogen and oxygen atoms in total. The van der Waals surface area contributed by atoms with E-state index in [1.54, 1.807) is 0 Å². The van der Waals surface area contributed by atoms with E-state index in [1.165, 1.54) is 0 Å². The first-order chi connectivity index (χ1) is 1.00. The van der Waals surface area contributed by atoms with E-state index in [4.69, 9.17) is 0 Å². The molecule has 5 heavy (non-hydrogen) atoms. The summed E-state index contributed by atoms with van der Waals surface area (Å²) in [5.41, 5.74) is 0. The Balaban J connectivity index is -0.00000000167. The van der Waals surface area contributed by atoms with Crippen molar-refractivity contribution in [3.8, 4) is 0 Å². The third kappa shape index (κ3) is 20.0. The van der Waals surface area contributed by atoms with Gasteiger partial charge in [-0.2, -0.15) is 9.12 Å². The molecule has 0 bridgehead atoms. The van der Waals surface area contributed by atoms with Crippen molar-refractivity contribution in [1.29, 1.82) is 0 Å². The Bertz CT molecular complexity index is 11.6. The monoisotopic (exact) mass is 174 g/mol. The van der Waals surface area contributed by atoms with Crippen LogP contribution in [0.15, 0.2) is 0 Å². The SMILES string of the molecule is BP.[AlH3].[CaH2].[Fe]. The van der Waals surface area contributed by atoms with E-state index in [9.17, 15) is 0 Å². The Morgan fingerprint density at radius 2 is 1.20 bits per heavy atom. The molecule has 0 rings (SSSR count). The van der Waals surface area contributed by atoms with Gasteiger partial charge in [-0.25, -0.2) is 0 Å². The van der Waals surface area contributed by atoms with Crippen molar-refractivity contribution in [2.45, 2.75) is 0 Å². The van der Waals surface area contributed by atoms with Gasteiger partial charge in [-0.3, -0.25) is 0 Å². The van der Waals surface area contributed by atoms with Crippen LogP contribution < -0.4 is 0 Å². The van der Waals surface area contributed by atoms with Crippen LogP contribution in [0.2, 0.25) is 0 Å². The number of rotatable bonds is 0. The molecule has 0 N–H and O–H groups in total. The summed E-state index contributed by atoms with van der Waals surface area (Å²) in [7, 11) is 4.33. The van der Waals surface area contributed by atoms with Gasteiger partial charge < -0.3 is 0 Å². The molecule has 0 spiro atoms. The predicted molar refractivity (Wildman–Crippen MR) is 36.7 cm³/mol. The van der Waals surface area contributed by atoms with Crippen LogP contribution in [0.5, 0.6) is 0 Å². The van der Waals surface area contributed by atoms with Crippen molar-refractivity contribution in [3.05, 3.63) is 0 Å². The molecular formula is H9AlBCaFeP. The van der Waals surface area contributed by atoms with E-state index in [0.29, 0.717) is 0 Å². The van der Waals surface area contributed by atoms with Crippen LogP contribution in [0.1, 0.15) is 0 Å². The molecule has 1 atom stereocenters. The molecular weight excluding hydrogens is 165 g/mol. The van der Waals surface area contributed by atoms with E-state index < -0.39 is 0 Å². The first-order valence-corrected chi connectivity index (χ1v) is 1.73. The molecule has 0 aromatic carbocycles. The molecule has 0 aromatic rings. The molecule has 0 saturated heterocycles. The summed E-state index contributed by atoms with van der Waals surface area (Å²) in [6.45, 7) is 0. The standard InChI is InChI=1S/Al.BH4P.Ca.Fe.5H/c;1-2;;;;;;;/h;1-2H2;;;;;;;. The Morgan fingerprint density at radius 3 is 1.20 bits per heavy atom. The van der Waals surface area contributed by atoms with E-state index >= 15 is 0 Å². The maximum absolute atomic E-state index is 2.42. The van der Waals surface area contributed by atoms with Gasteiger partial charge in [0.1, 0.15) is 7.57 Å². The van der Waals surface area contributed by atoms with Gasteiger partial charge in [-0.1, -0.05) is 0 Å². The fourth-order valence-electron chi connectivity index (χ4n) is 0. The van der Waals surface area contributed by atoms with Crippen LogP contribution in [0.25, 0.3) is 0 Å². The summed E-state index contributed by atoms with van der Waals surface area (Å²) in [5, 5.41) is 0. The summed E-state index contributed by atoms with van der Waals surface area (Å²) < 4.78 is 0. The fraction of sp³-hybridized carbons (Fsp3) is 0. The molecule has 0 fully saturated rings. The molecule has 0 aliphatic carbocycles. The van der Waals surface area contributed by atoms with Gasteiger partial charge in [0.05, 0.1) is 0 Å². The first-order valence-electron chi connectivity index (χ1n) is 0.577. The Kier molecular flexibility index (Phi) is 145. The average Bonchev–Trinajstić information content (AvgIpc) is 1.00. The zero-order chi connectivity index (χ0) is 2.00. The largest absolute Gasteiger partial charge is 0 e. The van der Waals surface area contributed by atoms with Crippen molar-refractivity contribution in [3.63, 3.8) is 0 Å². The zero-order valence-electron chi connectivity index (χ0n) is 1.93. The van der Waals surface area contributed by atoms with E-state index in [1.807, 2.05) is 7.57 Å². The van der Waals surface area contributed by atoms with Gasteiger partial charge in [0, 0.05) is 17.1 Å². The van der Waals surface area contributed by atoms with Gasteiger partial charge in [0.15, 0.2) is 17.4 Å². The van der Waals surface area contributed by atoms with E-state index in [-0.39, 0.29) is 72.2 Å². The number of hydrogen-bond donors (Lipinski definition) is 0. The molecule has 30 valence electrons. The molecule has 0 amide bonds. The second kappa shape index (κ2) is 29.1. The maximum Gasteiger partial charge on any atom is 0 e. The molecule has 1 unspecified atom stereocenters. The van der Waals surface area contributed by atoms with Crippen LogP contribution in [0, 0.1) is 0 Å². The minimum absolute atomic E-state index is 0. The van der Waals surface area contributed by atoms with Crippen molar-refractivity contribution in [1.82, 2.24) is 0 Å². The van der Waals surface area contributed by atoms with Crippen molar-refractivity contribution >= 4 is 71.8 Å². The summed E-state index contributed by atoms with van der Waals surface area (Å²) in [6.07, 6.45) is 0. The Labute approximate surface area is 87.4 Å². The van der Waals surface area contributed by atoms with E-state index in [0.717, 1.165) is 0 Å². The molecule has 0 saturated carbocycles. The van der Waals surface area contributed by atoms with Gasteiger partial charge in [0.25, 0.3) is 0 Å². The van der Waals surface area contributed by atoms with Crippen molar-refractivity contribution < 1.29 is 17.1 Å². The van der Waals surface area contributed by atoms with Crippen LogP contribution in [0.3, 0.4) is 0 Å². The third-order valence-corrected chi connectivity index (χ3v) is 0. The summed E-state index contributed by atoms with van der Waals surface area (Å²) in [6, 6.07) is 0. The molecule has 0 heterocycles. The topological polar surface area (TPSA) is 0 Å². The van der Waals surface area contributed by atoms with Gasteiger partial charge in [0.2, 0.25) is 0 Å². The second-order valence-corrected chi connectivity index (χ2v) is 0. The zero-order valence-corrected chi connectivity index (χ0v) is 4.19. The first kappa shape index (κ1) is 25.0. The molecule has 0 aliphatic rings. The van der Waals surface area contributed by atoms with Crippen LogP contribution in [-0.4, -0.2) is 62.7 Å². The molecule has 0 radical (unpaired) electrons. The molecule has 5 heteroatoms. The van der Waals surface area contributed by atoms with Crippen LogP contribution >= 0.6 is 9.12 Å². The van der Waals surface area contributed by atoms with Crippen LogP contribution in [-0.2, 0) is 17.1 Å². The fourth-order valence-corrected chi connectivity index (χ4v) is 0. The predicted octanol–water partition coefficient (Wildman–Crippen LogP) is -2.69. The van der Waals surface area contributed by atoms with Gasteiger partial charge in [-0.15, -0.1) is 0 Å². The minimum atomic E-state index is 0. The molecule has 0 aliphatic heterocycles. The van der Waals surface area contributed by atoms with Gasteiger partial charge in [-0.05, 0) is 0 Å². The number of hydrogen-bond acceptors (Lipinski definition) is 0. The van der Waals surface area contributed by atoms with Crippen LogP contribution in [0.4, 0.5) is 0 Å². The van der Waals surface area contributed by atoms with Crippen molar-refractivity contribution in [2.75, 3.05) is 0 Å². The Hall–Kier alpha value is 2.81. The summed E-state index contributed by atoms with van der Waals surface area (Å²) in [4.78, 5) is 0. The smallest absolute Gasteiger partial charge is 0 e. The summed E-state index contributed by atoms with van der Waals surface area (Å²) in [5.74, 6) is 0. The Morgan fingerprint density at radius 1 is 1.20 bits per heavy atom. The third-order valence-electron chi connectivity index (χ3n) is 0. The quantitative estimate of drug-likeness (QED) is 0.277. The average molecular weight is 174 g/mol. The minimum Gasteiger partial charge on any atom is 0 e. The normalized spacial score (nSPS) is 1.00. The maximum atomic E-state index is 2.42. The van der Waals surface area contributed by atoms with Gasteiger partial charge >= 0.3 is 37.7 Å². The summed E-state index contributed by atoms with van der Waals surface area (Å²) >= 11 is 0. The van der Waals surface area contributed by atoms with Crippen molar-refractivity contribution in [2.24, 2.45) is 0 Å². The molecule has 0 aromatic heterocycles.